The number of nitriles is 1. The molecule has 3 nitrogen and oxygen atoms in total. The van der Waals surface area contributed by atoms with E-state index in [2.05, 4.69) is 4.97 Å². The molecule has 0 fully saturated rings. The molecule has 0 bridgehead atoms. The minimum absolute atomic E-state index is 0.160. The second-order valence-electron chi connectivity index (χ2n) is 2.44. The van der Waals surface area contributed by atoms with Crippen LogP contribution in [0.2, 0.25) is 0 Å². The molecule has 0 N–H and O–H groups in total. The molecular weight excluding hydrogens is 245 g/mol. The summed E-state index contributed by atoms with van der Waals surface area (Å²) in [7, 11) is 0. The summed E-state index contributed by atoms with van der Waals surface area (Å²) in [5.41, 5.74) is 0.532. The first-order chi connectivity index (χ1) is 6.77. The zero-order chi connectivity index (χ0) is 10.4. The molecule has 0 heterocycles. The topological polar surface area (TPSA) is 50.1 Å². The monoisotopic (exact) mass is 255 g/mol. The zero-order valence-electron chi connectivity index (χ0n) is 7.69. The van der Waals surface area contributed by atoms with E-state index in [0.717, 1.165) is 4.46 Å². The van der Waals surface area contributed by atoms with Crippen LogP contribution < -0.4 is 4.46 Å². The Balaban J connectivity index is 2.73. The summed E-state index contributed by atoms with van der Waals surface area (Å²) in [5.74, 6) is -0.316. The Morgan fingerprint density at radius 2 is 2.14 bits per heavy atom. The fourth-order valence-corrected chi connectivity index (χ4v) is 1.72. The molecular formula is C10H9NO2Se. The summed E-state index contributed by atoms with van der Waals surface area (Å²) in [6, 6.07) is 6.95. The van der Waals surface area contributed by atoms with Crippen LogP contribution in [0.3, 0.4) is 0 Å². The van der Waals surface area contributed by atoms with Crippen molar-refractivity contribution in [2.45, 2.75) is 6.92 Å². The average Bonchev–Trinajstić information content (AvgIpc) is 2.20. The van der Waals surface area contributed by atoms with Gasteiger partial charge in [0.25, 0.3) is 0 Å². The summed E-state index contributed by atoms with van der Waals surface area (Å²) in [5, 5.41) is 8.47. The van der Waals surface area contributed by atoms with E-state index >= 15 is 0 Å². The number of carbonyl (C=O) groups is 1. The van der Waals surface area contributed by atoms with Gasteiger partial charge in [0.2, 0.25) is 0 Å². The molecule has 1 rings (SSSR count). The van der Waals surface area contributed by atoms with Crippen molar-refractivity contribution in [2.24, 2.45) is 0 Å². The number of benzene rings is 1. The van der Waals surface area contributed by atoms with Crippen molar-refractivity contribution < 1.29 is 9.53 Å². The minimum atomic E-state index is -0.316. The third kappa shape index (κ3) is 2.88. The van der Waals surface area contributed by atoms with Gasteiger partial charge in [0.15, 0.2) is 0 Å². The van der Waals surface area contributed by atoms with Gasteiger partial charge in [-0.3, -0.25) is 0 Å². The van der Waals surface area contributed by atoms with Gasteiger partial charge in [-0.1, -0.05) is 0 Å². The maximum atomic E-state index is 11.2. The van der Waals surface area contributed by atoms with Crippen LogP contribution in [0.5, 0.6) is 0 Å². The summed E-state index contributed by atoms with van der Waals surface area (Å²) in [6.45, 7) is 2.15. The van der Waals surface area contributed by atoms with Gasteiger partial charge in [-0.15, -0.1) is 0 Å². The predicted molar refractivity (Wildman–Crippen MR) is 53.4 cm³/mol. The number of nitrogens with zero attached hydrogens (tertiary/aromatic N) is 1. The van der Waals surface area contributed by atoms with Crippen molar-refractivity contribution in [2.75, 3.05) is 6.61 Å². The summed E-state index contributed by atoms with van der Waals surface area (Å²) < 4.78 is 5.79. The van der Waals surface area contributed by atoms with E-state index in [4.69, 9.17) is 10.00 Å². The molecule has 0 spiro atoms. The molecule has 0 aliphatic carbocycles. The van der Waals surface area contributed by atoms with Crippen LogP contribution >= 0.6 is 0 Å². The van der Waals surface area contributed by atoms with E-state index < -0.39 is 0 Å². The van der Waals surface area contributed by atoms with Crippen LogP contribution in [0.4, 0.5) is 0 Å². The van der Waals surface area contributed by atoms with Crippen LogP contribution in [0.15, 0.2) is 24.3 Å². The third-order valence-electron chi connectivity index (χ3n) is 1.53. The summed E-state index contributed by atoms with van der Waals surface area (Å²) >= 11 is -0.160. The van der Waals surface area contributed by atoms with Gasteiger partial charge in [-0.2, -0.15) is 0 Å². The van der Waals surface area contributed by atoms with Crippen molar-refractivity contribution in [3.63, 3.8) is 0 Å². The van der Waals surface area contributed by atoms with Gasteiger partial charge in [-0.05, 0) is 0 Å². The molecule has 1 aromatic carbocycles. The normalized spacial score (nSPS) is 9.14. The predicted octanol–water partition coefficient (Wildman–Crippen LogP) is 0.674. The molecule has 14 heavy (non-hydrogen) atoms. The summed E-state index contributed by atoms with van der Waals surface area (Å²) in [6.07, 6.45) is 0. The summed E-state index contributed by atoms with van der Waals surface area (Å²) in [4.78, 5) is 13.3. The fraction of sp³-hybridized carbons (Fsp3) is 0.200. The fourth-order valence-electron chi connectivity index (χ4n) is 0.926. The van der Waals surface area contributed by atoms with E-state index in [-0.39, 0.29) is 20.9 Å². The zero-order valence-corrected chi connectivity index (χ0v) is 9.40. The van der Waals surface area contributed by atoms with E-state index in [1.165, 1.54) is 0 Å². The van der Waals surface area contributed by atoms with Crippen molar-refractivity contribution in [1.82, 2.24) is 0 Å². The number of ether oxygens (including phenoxy) is 1. The molecule has 4 heteroatoms. The number of hydrogen-bond acceptors (Lipinski definition) is 3. The first-order valence-electron chi connectivity index (χ1n) is 4.11. The molecule has 0 saturated heterocycles. The number of hydrogen-bond donors (Lipinski definition) is 0. The molecule has 0 aromatic heterocycles. The van der Waals surface area contributed by atoms with Gasteiger partial charge in [0.1, 0.15) is 0 Å². The average molecular weight is 254 g/mol. The molecule has 0 saturated carbocycles. The molecule has 72 valence electrons. The quantitative estimate of drug-likeness (QED) is 0.588. The van der Waals surface area contributed by atoms with E-state index in [9.17, 15) is 4.79 Å². The number of esters is 1. The Morgan fingerprint density at radius 3 is 2.64 bits per heavy atom. The van der Waals surface area contributed by atoms with Crippen LogP contribution in [0.25, 0.3) is 0 Å². The van der Waals surface area contributed by atoms with Crippen molar-refractivity contribution in [3.05, 3.63) is 29.8 Å². The van der Waals surface area contributed by atoms with Crippen molar-refractivity contribution in [3.8, 4) is 4.97 Å². The molecule has 1 aromatic rings. The Hall–Kier alpha value is -1.30. The van der Waals surface area contributed by atoms with Gasteiger partial charge in [-0.25, -0.2) is 0 Å². The van der Waals surface area contributed by atoms with Crippen LogP contribution in [-0.4, -0.2) is 27.5 Å². The Morgan fingerprint density at radius 1 is 1.50 bits per heavy atom. The first kappa shape index (κ1) is 10.8. The van der Waals surface area contributed by atoms with Gasteiger partial charge in [0, 0.05) is 0 Å². The van der Waals surface area contributed by atoms with E-state index in [1.54, 1.807) is 31.2 Å². The maximum absolute atomic E-state index is 11.2. The molecule has 0 atom stereocenters. The van der Waals surface area contributed by atoms with E-state index in [0.29, 0.717) is 12.2 Å². The van der Waals surface area contributed by atoms with Crippen molar-refractivity contribution in [1.29, 1.82) is 5.26 Å². The molecule has 0 amide bonds. The SMILES string of the molecule is CCOC(=O)c1ccc([Se]C#N)cc1. The molecule has 0 unspecified atom stereocenters. The van der Waals surface area contributed by atoms with Crippen LogP contribution in [0, 0.1) is 10.2 Å². The molecule has 0 radical (unpaired) electrons. The van der Waals surface area contributed by atoms with Gasteiger partial charge in [0.05, 0.1) is 0 Å². The second kappa shape index (κ2) is 5.43. The molecule has 0 aliphatic rings. The van der Waals surface area contributed by atoms with Crippen LogP contribution in [0.1, 0.15) is 17.3 Å². The first-order valence-corrected chi connectivity index (χ1v) is 5.82. The van der Waals surface area contributed by atoms with Crippen LogP contribution in [-0.2, 0) is 4.74 Å². The Bertz CT molecular complexity index is 353. The third-order valence-corrected chi connectivity index (χ3v) is 2.79. The number of carbonyl (C=O) groups excluding carboxylic acids is 1. The molecule has 0 aliphatic heterocycles. The second-order valence-corrected chi connectivity index (χ2v) is 4.24. The Kier molecular flexibility index (Phi) is 4.18. The van der Waals surface area contributed by atoms with E-state index in [1.807, 2.05) is 0 Å². The Labute approximate surface area is 88.8 Å². The van der Waals surface area contributed by atoms with Crippen molar-refractivity contribution >= 4 is 25.4 Å². The van der Waals surface area contributed by atoms with Gasteiger partial charge >= 0.3 is 88.5 Å². The van der Waals surface area contributed by atoms with Gasteiger partial charge < -0.3 is 0 Å². The number of rotatable bonds is 3. The standard InChI is InChI=1S/C10H9NO2Se/c1-2-13-10(12)8-3-5-9(6-4-8)14-7-11/h3-6H,2H2,1H3.